The number of hydrogen-bond donors (Lipinski definition) is 0. The monoisotopic (exact) mass is 439 g/mol. The second-order valence-corrected chi connectivity index (χ2v) is 8.07. The van der Waals surface area contributed by atoms with Crippen LogP contribution < -0.4 is 9.64 Å². The molecule has 0 N–H and O–H groups in total. The number of amides is 2. The van der Waals surface area contributed by atoms with Crippen LogP contribution >= 0.6 is 23.4 Å². The van der Waals surface area contributed by atoms with Gasteiger partial charge in [0.15, 0.2) is 0 Å². The number of methoxy groups -OCH3 is 1. The quantitative estimate of drug-likeness (QED) is 0.477. The van der Waals surface area contributed by atoms with Gasteiger partial charge in [-0.1, -0.05) is 29.8 Å². The Labute approximate surface area is 183 Å². The minimum atomic E-state index is -0.382. The number of benzene rings is 2. The summed E-state index contributed by atoms with van der Waals surface area (Å²) in [5.74, 6) is 1.07. The summed E-state index contributed by atoms with van der Waals surface area (Å²) in [6, 6.07) is 15.9. The van der Waals surface area contributed by atoms with Crippen LogP contribution in [0.25, 0.3) is 5.57 Å². The van der Waals surface area contributed by atoms with Crippen molar-refractivity contribution in [2.45, 2.75) is 12.7 Å². The first-order chi connectivity index (χ1) is 14.5. The Kier molecular flexibility index (Phi) is 5.70. The fraction of sp³-hybridized carbons (Fsp3) is 0.130. The first-order valence-electron chi connectivity index (χ1n) is 9.18. The Balaban J connectivity index is 1.75. The van der Waals surface area contributed by atoms with Crippen LogP contribution in [-0.4, -0.2) is 18.9 Å². The van der Waals surface area contributed by atoms with Crippen molar-refractivity contribution >= 4 is 46.4 Å². The molecule has 4 rings (SSSR count). The Hall–Kier alpha value is -2.96. The lowest BCUT2D eigenvalue weighted by Gasteiger charge is -2.16. The average Bonchev–Trinajstić information content (AvgIpc) is 3.35. The molecule has 1 aliphatic heterocycles. The fourth-order valence-electron chi connectivity index (χ4n) is 3.15. The normalized spacial score (nSPS) is 14.0. The van der Waals surface area contributed by atoms with E-state index >= 15 is 0 Å². The molecule has 2 heterocycles. The number of carbonyl (C=O) groups is 2. The lowest BCUT2D eigenvalue weighted by atomic mass is 10.1. The van der Waals surface area contributed by atoms with Crippen LogP contribution in [0.2, 0.25) is 5.02 Å². The van der Waals surface area contributed by atoms with Crippen molar-refractivity contribution in [2.75, 3.05) is 12.0 Å². The standard InChI is InChI=1S/C23H18ClNO4S/c1-14-5-8-16(12-19(14)24)25-22(26)20(15-6-9-17(28-2)10-7-15)21(23(25)27)30-13-18-4-3-11-29-18/h3-12H,13H2,1-2H3. The molecule has 7 heteroatoms. The zero-order valence-electron chi connectivity index (χ0n) is 16.3. The van der Waals surface area contributed by atoms with E-state index in [0.717, 1.165) is 11.3 Å². The highest BCUT2D eigenvalue weighted by Gasteiger charge is 2.40. The summed E-state index contributed by atoms with van der Waals surface area (Å²) < 4.78 is 10.6. The van der Waals surface area contributed by atoms with Gasteiger partial charge in [0.1, 0.15) is 11.5 Å². The van der Waals surface area contributed by atoms with Crippen LogP contribution in [0.15, 0.2) is 70.2 Å². The summed E-state index contributed by atoms with van der Waals surface area (Å²) in [4.78, 5) is 28.2. The molecular formula is C23H18ClNO4S. The van der Waals surface area contributed by atoms with E-state index in [9.17, 15) is 9.59 Å². The maximum absolute atomic E-state index is 13.4. The van der Waals surface area contributed by atoms with Crippen LogP contribution in [0.4, 0.5) is 5.69 Å². The predicted molar refractivity (Wildman–Crippen MR) is 119 cm³/mol. The van der Waals surface area contributed by atoms with Gasteiger partial charge in [-0.2, -0.15) is 0 Å². The van der Waals surface area contributed by atoms with Crippen LogP contribution in [0.1, 0.15) is 16.9 Å². The SMILES string of the molecule is COc1ccc(C2=C(SCc3ccco3)C(=O)N(c3ccc(C)c(Cl)c3)C2=O)cc1. The van der Waals surface area contributed by atoms with Crippen molar-refractivity contribution in [1.29, 1.82) is 0 Å². The maximum Gasteiger partial charge on any atom is 0.272 e. The number of rotatable bonds is 6. The molecule has 1 aliphatic rings. The van der Waals surface area contributed by atoms with Crippen LogP contribution in [-0.2, 0) is 15.3 Å². The molecular weight excluding hydrogens is 422 g/mol. The molecule has 3 aromatic rings. The second-order valence-electron chi connectivity index (χ2n) is 6.68. The van der Waals surface area contributed by atoms with E-state index in [0.29, 0.717) is 38.3 Å². The molecule has 2 amide bonds. The van der Waals surface area contributed by atoms with Gasteiger partial charge in [0, 0.05) is 5.02 Å². The van der Waals surface area contributed by atoms with Gasteiger partial charge in [-0.25, -0.2) is 4.90 Å². The summed E-state index contributed by atoms with van der Waals surface area (Å²) in [6.07, 6.45) is 1.58. The zero-order valence-corrected chi connectivity index (χ0v) is 17.9. The summed E-state index contributed by atoms with van der Waals surface area (Å²) >= 11 is 7.53. The van der Waals surface area contributed by atoms with Crippen LogP contribution in [0.5, 0.6) is 5.75 Å². The smallest absolute Gasteiger partial charge is 0.272 e. The predicted octanol–water partition coefficient (Wildman–Crippen LogP) is 5.47. The molecule has 0 saturated carbocycles. The van der Waals surface area contributed by atoms with Crippen molar-refractivity contribution in [2.24, 2.45) is 0 Å². The minimum absolute atomic E-state index is 0.357. The molecule has 0 atom stereocenters. The number of ether oxygens (including phenoxy) is 1. The molecule has 0 spiro atoms. The van der Waals surface area contributed by atoms with Crippen molar-refractivity contribution < 1.29 is 18.7 Å². The number of halogens is 1. The van der Waals surface area contributed by atoms with Gasteiger partial charge in [0.25, 0.3) is 11.8 Å². The molecule has 0 unspecified atom stereocenters. The molecule has 0 bridgehead atoms. The van der Waals surface area contributed by atoms with Gasteiger partial charge >= 0.3 is 0 Å². The molecule has 0 radical (unpaired) electrons. The van der Waals surface area contributed by atoms with E-state index < -0.39 is 0 Å². The molecule has 0 fully saturated rings. The van der Waals surface area contributed by atoms with Gasteiger partial charge in [-0.05, 0) is 54.4 Å². The number of hydrogen-bond acceptors (Lipinski definition) is 5. The van der Waals surface area contributed by atoms with Gasteiger partial charge in [-0.15, -0.1) is 11.8 Å². The number of anilines is 1. The average molecular weight is 440 g/mol. The Bertz CT molecular complexity index is 1140. The number of imide groups is 1. The molecule has 2 aromatic carbocycles. The van der Waals surface area contributed by atoms with Crippen LogP contribution in [0, 0.1) is 6.92 Å². The Morgan fingerprint density at radius 2 is 1.83 bits per heavy atom. The van der Waals surface area contributed by atoms with E-state index in [1.165, 1.54) is 16.7 Å². The lowest BCUT2D eigenvalue weighted by molar-refractivity contribution is -0.119. The van der Waals surface area contributed by atoms with E-state index in [1.807, 2.05) is 13.0 Å². The molecule has 1 aromatic heterocycles. The number of carbonyl (C=O) groups excluding carboxylic acids is 2. The molecule has 0 aliphatic carbocycles. The van der Waals surface area contributed by atoms with E-state index in [-0.39, 0.29) is 11.8 Å². The van der Waals surface area contributed by atoms with E-state index in [4.69, 9.17) is 20.8 Å². The largest absolute Gasteiger partial charge is 0.497 e. The van der Waals surface area contributed by atoms with Gasteiger partial charge < -0.3 is 9.15 Å². The van der Waals surface area contributed by atoms with E-state index in [1.54, 1.807) is 61.9 Å². The highest BCUT2D eigenvalue weighted by molar-refractivity contribution is 8.03. The molecule has 5 nitrogen and oxygen atoms in total. The third-order valence-corrected chi connectivity index (χ3v) is 6.28. The Morgan fingerprint density at radius 3 is 2.47 bits per heavy atom. The summed E-state index contributed by atoms with van der Waals surface area (Å²) in [5.41, 5.74) is 2.32. The second kappa shape index (κ2) is 8.42. The van der Waals surface area contributed by atoms with Crippen molar-refractivity contribution in [3.8, 4) is 5.75 Å². The topological polar surface area (TPSA) is 59.8 Å². The first-order valence-corrected chi connectivity index (χ1v) is 10.5. The molecule has 152 valence electrons. The van der Waals surface area contributed by atoms with Crippen LogP contribution in [0.3, 0.4) is 0 Å². The lowest BCUT2D eigenvalue weighted by Crippen LogP contribution is -2.31. The van der Waals surface area contributed by atoms with Gasteiger partial charge in [0.05, 0.1) is 35.3 Å². The van der Waals surface area contributed by atoms with Crippen molar-refractivity contribution in [1.82, 2.24) is 0 Å². The fourth-order valence-corrected chi connectivity index (χ4v) is 4.34. The molecule has 30 heavy (non-hydrogen) atoms. The highest BCUT2D eigenvalue weighted by Crippen LogP contribution is 2.40. The van der Waals surface area contributed by atoms with Gasteiger partial charge in [-0.3, -0.25) is 9.59 Å². The number of thioether (sulfide) groups is 1. The van der Waals surface area contributed by atoms with Gasteiger partial charge in [0.2, 0.25) is 0 Å². The summed E-state index contributed by atoms with van der Waals surface area (Å²) in [7, 11) is 1.58. The third kappa shape index (κ3) is 3.76. The Morgan fingerprint density at radius 1 is 1.07 bits per heavy atom. The summed E-state index contributed by atoms with van der Waals surface area (Å²) in [6.45, 7) is 1.87. The number of furan rings is 1. The zero-order chi connectivity index (χ0) is 21.3. The number of nitrogens with zero attached hydrogens (tertiary/aromatic N) is 1. The highest BCUT2D eigenvalue weighted by atomic mass is 35.5. The minimum Gasteiger partial charge on any atom is -0.497 e. The van der Waals surface area contributed by atoms with Crippen molar-refractivity contribution in [3.05, 3.63) is 87.7 Å². The molecule has 0 saturated heterocycles. The van der Waals surface area contributed by atoms with E-state index in [2.05, 4.69) is 0 Å². The maximum atomic E-state index is 13.4. The summed E-state index contributed by atoms with van der Waals surface area (Å²) in [5, 5.41) is 0.496. The third-order valence-electron chi connectivity index (χ3n) is 4.77. The first kappa shape index (κ1) is 20.3. The van der Waals surface area contributed by atoms with Crippen molar-refractivity contribution in [3.63, 3.8) is 0 Å². The number of aryl methyl sites for hydroxylation is 1.